The van der Waals surface area contributed by atoms with E-state index in [-0.39, 0.29) is 0 Å². The molecule has 3 nitrogen and oxygen atoms in total. The van der Waals surface area contributed by atoms with Gasteiger partial charge in [-0.2, -0.15) is 0 Å². The Kier molecular flexibility index (Phi) is 6.07. The van der Waals surface area contributed by atoms with E-state index in [0.29, 0.717) is 6.61 Å². The van der Waals surface area contributed by atoms with Crippen LogP contribution in [0.5, 0.6) is 0 Å². The Morgan fingerprint density at radius 1 is 1.05 bits per heavy atom. The predicted molar refractivity (Wildman–Crippen MR) is 87.3 cm³/mol. The Labute approximate surface area is 131 Å². The number of amides is 1. The number of aryl methyl sites for hydroxylation is 1. The summed E-state index contributed by atoms with van der Waals surface area (Å²) >= 11 is 0. The van der Waals surface area contributed by atoms with Crippen molar-refractivity contribution in [2.45, 2.75) is 19.3 Å². The van der Waals surface area contributed by atoms with Crippen molar-refractivity contribution in [3.63, 3.8) is 0 Å². The average Bonchev–Trinajstić information content (AvgIpc) is 2.53. The maximum Gasteiger partial charge on any atom is 0.404 e. The lowest BCUT2D eigenvalue weighted by atomic mass is 10.1. The summed E-state index contributed by atoms with van der Waals surface area (Å²) in [4.78, 5) is 10.5. The predicted octanol–water partition coefficient (Wildman–Crippen LogP) is 3.31. The van der Waals surface area contributed by atoms with Gasteiger partial charge in [-0.25, -0.2) is 4.79 Å². The number of nitrogens with two attached hydrogens (primary N) is 1. The van der Waals surface area contributed by atoms with E-state index < -0.39 is 6.09 Å². The molecule has 0 aliphatic heterocycles. The first-order valence-corrected chi connectivity index (χ1v) is 7.28. The highest BCUT2D eigenvalue weighted by atomic mass is 16.5. The number of ether oxygens (including phenoxy) is 1. The normalized spacial score (nSPS) is 9.64. The molecule has 0 radical (unpaired) electrons. The van der Waals surface area contributed by atoms with E-state index in [9.17, 15) is 4.79 Å². The molecular formula is C19H19NO2. The average molecular weight is 293 g/mol. The lowest BCUT2D eigenvalue weighted by Crippen LogP contribution is -2.13. The van der Waals surface area contributed by atoms with Crippen LogP contribution in [0.15, 0.2) is 54.6 Å². The van der Waals surface area contributed by atoms with Crippen molar-refractivity contribution in [1.82, 2.24) is 0 Å². The van der Waals surface area contributed by atoms with E-state index in [0.717, 1.165) is 24.8 Å². The number of hydrogen-bond donors (Lipinski definition) is 1. The fourth-order valence-corrected chi connectivity index (χ4v) is 2.10. The Balaban J connectivity index is 1.87. The second-order valence-electron chi connectivity index (χ2n) is 4.94. The Morgan fingerprint density at radius 2 is 1.82 bits per heavy atom. The number of carbonyl (C=O) groups excluding carboxylic acids is 1. The highest BCUT2D eigenvalue weighted by molar-refractivity contribution is 5.64. The molecule has 0 fully saturated rings. The lowest BCUT2D eigenvalue weighted by molar-refractivity contribution is 0.155. The van der Waals surface area contributed by atoms with Gasteiger partial charge in [-0.05, 0) is 36.1 Å². The first-order valence-electron chi connectivity index (χ1n) is 7.28. The molecule has 112 valence electrons. The van der Waals surface area contributed by atoms with E-state index in [4.69, 9.17) is 10.5 Å². The molecule has 3 heteroatoms. The zero-order valence-corrected chi connectivity index (χ0v) is 12.4. The molecule has 22 heavy (non-hydrogen) atoms. The molecule has 0 unspecified atom stereocenters. The molecule has 0 bridgehead atoms. The smallest absolute Gasteiger partial charge is 0.404 e. The number of carbonyl (C=O) groups is 1. The van der Waals surface area contributed by atoms with E-state index in [1.807, 2.05) is 36.4 Å². The molecule has 0 aliphatic rings. The summed E-state index contributed by atoms with van der Waals surface area (Å²) in [5.41, 5.74) is 8.32. The van der Waals surface area contributed by atoms with Crippen LogP contribution in [0.3, 0.4) is 0 Å². The molecule has 0 atom stereocenters. The molecule has 0 spiro atoms. The fraction of sp³-hybridized carbons (Fsp3) is 0.211. The van der Waals surface area contributed by atoms with Gasteiger partial charge in [0.05, 0.1) is 6.61 Å². The molecule has 1 amide bonds. The van der Waals surface area contributed by atoms with Gasteiger partial charge in [0.1, 0.15) is 0 Å². The minimum absolute atomic E-state index is 0.346. The molecule has 0 saturated carbocycles. The molecular weight excluding hydrogens is 274 g/mol. The Bertz CT molecular complexity index is 669. The molecule has 2 aromatic carbocycles. The number of rotatable bonds is 5. The minimum Gasteiger partial charge on any atom is -0.450 e. The molecule has 2 aromatic rings. The molecule has 0 saturated heterocycles. The van der Waals surface area contributed by atoms with Gasteiger partial charge in [0, 0.05) is 12.0 Å². The van der Waals surface area contributed by atoms with E-state index >= 15 is 0 Å². The first-order chi connectivity index (χ1) is 10.7. The van der Waals surface area contributed by atoms with Crippen LogP contribution in [0.4, 0.5) is 4.79 Å². The molecule has 2 rings (SSSR count). The van der Waals surface area contributed by atoms with Gasteiger partial charge in [0.15, 0.2) is 0 Å². The zero-order valence-electron chi connectivity index (χ0n) is 12.4. The van der Waals surface area contributed by atoms with Crippen molar-refractivity contribution < 1.29 is 9.53 Å². The molecule has 0 aliphatic carbocycles. The van der Waals surface area contributed by atoms with Crippen molar-refractivity contribution >= 4 is 6.09 Å². The third-order valence-electron chi connectivity index (χ3n) is 3.15. The molecule has 0 heterocycles. The van der Waals surface area contributed by atoms with Crippen LogP contribution in [-0.2, 0) is 17.6 Å². The standard InChI is InChI=1S/C19H19NO2/c20-19(21)22-14-6-13-18-12-5-11-17(15-18)10-4-9-16-7-2-1-3-8-16/h1-3,5,7-8,11-12,15H,6,9,13-14H2,(H2,20,21). The van der Waals surface area contributed by atoms with Crippen LogP contribution in [0.1, 0.15) is 23.1 Å². The van der Waals surface area contributed by atoms with Gasteiger partial charge < -0.3 is 10.5 Å². The summed E-state index contributed by atoms with van der Waals surface area (Å²) in [7, 11) is 0. The van der Waals surface area contributed by atoms with Gasteiger partial charge in [0.2, 0.25) is 0 Å². The zero-order chi connectivity index (χ0) is 15.6. The van der Waals surface area contributed by atoms with Crippen LogP contribution in [-0.4, -0.2) is 12.7 Å². The summed E-state index contributed by atoms with van der Waals surface area (Å²) < 4.78 is 4.72. The summed E-state index contributed by atoms with van der Waals surface area (Å²) in [6, 6.07) is 18.3. The monoisotopic (exact) mass is 293 g/mol. The van der Waals surface area contributed by atoms with E-state index in [2.05, 4.69) is 30.0 Å². The summed E-state index contributed by atoms with van der Waals surface area (Å²) in [5, 5.41) is 0. The van der Waals surface area contributed by atoms with E-state index in [1.54, 1.807) is 0 Å². The molecule has 0 aromatic heterocycles. The van der Waals surface area contributed by atoms with Gasteiger partial charge >= 0.3 is 6.09 Å². The van der Waals surface area contributed by atoms with Crippen molar-refractivity contribution in [2.75, 3.05) is 6.61 Å². The number of hydrogen-bond acceptors (Lipinski definition) is 2. The van der Waals surface area contributed by atoms with Crippen molar-refractivity contribution in [2.24, 2.45) is 5.73 Å². The second-order valence-corrected chi connectivity index (χ2v) is 4.94. The van der Waals surface area contributed by atoms with Crippen LogP contribution >= 0.6 is 0 Å². The van der Waals surface area contributed by atoms with Gasteiger partial charge in [-0.15, -0.1) is 0 Å². The molecule has 2 N–H and O–H groups in total. The van der Waals surface area contributed by atoms with Crippen LogP contribution in [0, 0.1) is 11.8 Å². The lowest BCUT2D eigenvalue weighted by Gasteiger charge is -2.02. The minimum atomic E-state index is -0.722. The third kappa shape index (κ3) is 5.72. The van der Waals surface area contributed by atoms with Gasteiger partial charge in [-0.1, -0.05) is 54.3 Å². The van der Waals surface area contributed by atoms with Gasteiger partial charge in [-0.3, -0.25) is 0 Å². The van der Waals surface area contributed by atoms with Crippen LogP contribution in [0.25, 0.3) is 0 Å². The highest BCUT2D eigenvalue weighted by Gasteiger charge is 1.97. The van der Waals surface area contributed by atoms with Crippen LogP contribution < -0.4 is 5.73 Å². The maximum absolute atomic E-state index is 10.5. The SMILES string of the molecule is NC(=O)OCCCc1cccc(C#CCc2ccccc2)c1. The number of primary amides is 1. The summed E-state index contributed by atoms with van der Waals surface area (Å²) in [5.74, 6) is 6.38. The topological polar surface area (TPSA) is 52.3 Å². The number of benzene rings is 2. The Morgan fingerprint density at radius 3 is 2.59 bits per heavy atom. The second kappa shape index (κ2) is 8.53. The van der Waals surface area contributed by atoms with Crippen LogP contribution in [0.2, 0.25) is 0 Å². The first kappa shape index (κ1) is 15.7. The highest BCUT2D eigenvalue weighted by Crippen LogP contribution is 2.07. The van der Waals surface area contributed by atoms with E-state index in [1.165, 1.54) is 11.1 Å². The van der Waals surface area contributed by atoms with Crippen molar-refractivity contribution in [3.05, 3.63) is 71.3 Å². The third-order valence-corrected chi connectivity index (χ3v) is 3.15. The fourth-order valence-electron chi connectivity index (χ4n) is 2.10. The van der Waals surface area contributed by atoms with Crippen molar-refractivity contribution in [1.29, 1.82) is 0 Å². The quantitative estimate of drug-likeness (QED) is 0.679. The maximum atomic E-state index is 10.5. The summed E-state index contributed by atoms with van der Waals surface area (Å²) in [6.45, 7) is 0.346. The largest absolute Gasteiger partial charge is 0.450 e. The Hall–Kier alpha value is -2.73. The summed E-state index contributed by atoms with van der Waals surface area (Å²) in [6.07, 6.45) is 1.61. The van der Waals surface area contributed by atoms with Crippen molar-refractivity contribution in [3.8, 4) is 11.8 Å². The van der Waals surface area contributed by atoms with Gasteiger partial charge in [0.25, 0.3) is 0 Å².